The number of amides is 5. The maximum Gasteiger partial charge on any atom is 0.262 e. The molecule has 2 aliphatic heterocycles. The molecule has 164 valence electrons. The molecule has 4 rings (SSSR count). The summed E-state index contributed by atoms with van der Waals surface area (Å²) in [6, 6.07) is 7.91. The first kappa shape index (κ1) is 21.2. The number of aromatic hydroxyl groups is 1. The molecule has 1 fully saturated rings. The molecule has 0 aliphatic carbocycles. The highest BCUT2D eigenvalue weighted by molar-refractivity contribution is 6.24. The van der Waals surface area contributed by atoms with Crippen LogP contribution in [0.4, 0.5) is 0 Å². The normalized spacial score (nSPS) is 17.9. The van der Waals surface area contributed by atoms with E-state index >= 15 is 0 Å². The van der Waals surface area contributed by atoms with Crippen molar-refractivity contribution in [3.8, 4) is 5.75 Å². The Hall–Kier alpha value is -4.05. The lowest BCUT2D eigenvalue weighted by atomic mass is 10.0. The van der Waals surface area contributed by atoms with Crippen LogP contribution in [0.5, 0.6) is 5.75 Å². The fourth-order valence-electron chi connectivity index (χ4n) is 3.90. The van der Waals surface area contributed by atoms with Crippen LogP contribution < -0.4 is 16.4 Å². The van der Waals surface area contributed by atoms with Crippen molar-refractivity contribution in [3.63, 3.8) is 0 Å². The second-order valence-electron chi connectivity index (χ2n) is 7.52. The Morgan fingerprint density at radius 3 is 2.62 bits per heavy atom. The van der Waals surface area contributed by atoms with E-state index in [0.717, 1.165) is 4.90 Å². The zero-order valence-corrected chi connectivity index (χ0v) is 16.9. The van der Waals surface area contributed by atoms with E-state index in [2.05, 4.69) is 10.6 Å². The molecule has 1 atom stereocenters. The number of phenolic OH excluding ortho intramolecular Hbond substituents is 1. The number of carbonyl (C=O) groups is 5. The molecule has 10 heteroatoms. The third-order valence-electron chi connectivity index (χ3n) is 5.56. The summed E-state index contributed by atoms with van der Waals surface area (Å²) in [6.45, 7) is 0.0228. The Morgan fingerprint density at radius 2 is 1.91 bits per heavy atom. The van der Waals surface area contributed by atoms with Gasteiger partial charge in [0.15, 0.2) is 0 Å². The number of hydrogen-bond acceptors (Lipinski definition) is 7. The number of benzene rings is 2. The molecule has 0 bridgehead atoms. The molecule has 10 nitrogen and oxygen atoms in total. The van der Waals surface area contributed by atoms with Gasteiger partial charge in [-0.3, -0.25) is 34.2 Å². The number of phenols is 1. The highest BCUT2D eigenvalue weighted by Crippen LogP contribution is 2.30. The van der Waals surface area contributed by atoms with Crippen molar-refractivity contribution < 1.29 is 29.1 Å². The summed E-state index contributed by atoms with van der Waals surface area (Å²) in [5, 5.41) is 14.6. The van der Waals surface area contributed by atoms with E-state index in [9.17, 15) is 29.1 Å². The first-order valence-corrected chi connectivity index (χ1v) is 9.95. The van der Waals surface area contributed by atoms with E-state index in [1.807, 2.05) is 0 Å². The number of carbonyl (C=O) groups excluding carboxylic acids is 5. The van der Waals surface area contributed by atoms with Gasteiger partial charge < -0.3 is 16.2 Å². The van der Waals surface area contributed by atoms with Crippen molar-refractivity contribution in [1.82, 2.24) is 15.5 Å². The second-order valence-corrected chi connectivity index (χ2v) is 7.52. The minimum atomic E-state index is -1.06. The molecule has 0 radical (unpaired) electrons. The number of nitrogens with one attached hydrogen (secondary N) is 2. The summed E-state index contributed by atoms with van der Waals surface area (Å²) in [5.74, 6) is -2.84. The van der Waals surface area contributed by atoms with Crippen LogP contribution >= 0.6 is 0 Å². The molecule has 0 aromatic heterocycles. The molecule has 1 saturated heterocycles. The maximum absolute atomic E-state index is 13.1. The van der Waals surface area contributed by atoms with Gasteiger partial charge in [-0.2, -0.15) is 0 Å². The van der Waals surface area contributed by atoms with E-state index < -0.39 is 35.6 Å². The van der Waals surface area contributed by atoms with E-state index in [-0.39, 0.29) is 48.4 Å². The van der Waals surface area contributed by atoms with Crippen LogP contribution in [0.15, 0.2) is 36.4 Å². The van der Waals surface area contributed by atoms with Crippen LogP contribution in [0.3, 0.4) is 0 Å². The van der Waals surface area contributed by atoms with Gasteiger partial charge in [-0.1, -0.05) is 12.1 Å². The molecule has 5 amide bonds. The molecule has 2 heterocycles. The maximum atomic E-state index is 13.1. The zero-order valence-electron chi connectivity index (χ0n) is 16.9. The van der Waals surface area contributed by atoms with Gasteiger partial charge in [0.05, 0.1) is 11.1 Å². The van der Waals surface area contributed by atoms with Crippen molar-refractivity contribution in [2.24, 2.45) is 5.73 Å². The predicted molar refractivity (Wildman–Crippen MR) is 110 cm³/mol. The number of imide groups is 2. The molecule has 0 saturated carbocycles. The van der Waals surface area contributed by atoms with E-state index in [0.29, 0.717) is 11.1 Å². The lowest BCUT2D eigenvalue weighted by Crippen LogP contribution is -2.54. The fourth-order valence-corrected chi connectivity index (χ4v) is 3.90. The van der Waals surface area contributed by atoms with Gasteiger partial charge in [0.25, 0.3) is 17.7 Å². The molecule has 5 N–H and O–H groups in total. The Bertz CT molecular complexity index is 1180. The van der Waals surface area contributed by atoms with Gasteiger partial charge in [0, 0.05) is 30.6 Å². The SMILES string of the molecule is NCc1cc(C(=O)NCc2cccc3c2C(=O)N(C2CCC(=O)NC2=O)C3=O)ccc1O. The molecule has 0 spiro atoms. The summed E-state index contributed by atoms with van der Waals surface area (Å²) < 4.78 is 0. The number of nitrogens with two attached hydrogens (primary N) is 1. The lowest BCUT2D eigenvalue weighted by molar-refractivity contribution is -0.136. The Balaban J connectivity index is 1.55. The quantitative estimate of drug-likeness (QED) is 0.487. The second kappa shape index (κ2) is 8.23. The van der Waals surface area contributed by atoms with Crippen molar-refractivity contribution >= 4 is 29.5 Å². The highest BCUT2D eigenvalue weighted by atomic mass is 16.3. The summed E-state index contributed by atoms with van der Waals surface area (Å²) in [4.78, 5) is 63.0. The van der Waals surface area contributed by atoms with Crippen molar-refractivity contribution in [3.05, 3.63) is 64.2 Å². The minimum Gasteiger partial charge on any atom is -0.508 e. The monoisotopic (exact) mass is 436 g/mol. The van der Waals surface area contributed by atoms with Gasteiger partial charge in [-0.15, -0.1) is 0 Å². The molecule has 1 unspecified atom stereocenters. The van der Waals surface area contributed by atoms with Crippen molar-refractivity contribution in [2.75, 3.05) is 0 Å². The number of hydrogen-bond donors (Lipinski definition) is 4. The summed E-state index contributed by atoms with van der Waals surface area (Å²) in [6.07, 6.45) is 0.0939. The van der Waals surface area contributed by atoms with E-state index in [1.165, 1.54) is 24.3 Å². The van der Waals surface area contributed by atoms with Crippen molar-refractivity contribution in [2.45, 2.75) is 32.0 Å². The summed E-state index contributed by atoms with van der Waals surface area (Å²) >= 11 is 0. The Labute approximate surface area is 182 Å². The largest absolute Gasteiger partial charge is 0.508 e. The Kier molecular flexibility index (Phi) is 5.45. The lowest BCUT2D eigenvalue weighted by Gasteiger charge is -2.27. The molecule has 2 aliphatic rings. The third kappa shape index (κ3) is 3.60. The minimum absolute atomic E-state index is 0.0115. The Morgan fingerprint density at radius 1 is 1.12 bits per heavy atom. The first-order chi connectivity index (χ1) is 15.3. The van der Waals surface area contributed by atoms with Crippen molar-refractivity contribution in [1.29, 1.82) is 0 Å². The van der Waals surface area contributed by atoms with Crippen LogP contribution in [0.2, 0.25) is 0 Å². The van der Waals surface area contributed by atoms with Gasteiger partial charge in [0.1, 0.15) is 11.8 Å². The molecule has 32 heavy (non-hydrogen) atoms. The van der Waals surface area contributed by atoms with Gasteiger partial charge >= 0.3 is 0 Å². The summed E-state index contributed by atoms with van der Waals surface area (Å²) in [5.41, 5.74) is 6.93. The van der Waals surface area contributed by atoms with E-state index in [1.54, 1.807) is 12.1 Å². The molecular weight excluding hydrogens is 416 g/mol. The van der Waals surface area contributed by atoms with Gasteiger partial charge in [-0.25, -0.2) is 0 Å². The molecule has 2 aromatic carbocycles. The fraction of sp³-hybridized carbons (Fsp3) is 0.227. The van der Waals surface area contributed by atoms with Crippen LogP contribution in [0, 0.1) is 0 Å². The van der Waals surface area contributed by atoms with Crippen LogP contribution in [-0.2, 0) is 22.7 Å². The predicted octanol–water partition coefficient (Wildman–Crippen LogP) is 0.182. The highest BCUT2D eigenvalue weighted by Gasteiger charge is 2.45. The van der Waals surface area contributed by atoms with Gasteiger partial charge in [-0.05, 0) is 36.2 Å². The standard InChI is InChI=1S/C22H20N4O6/c23-9-13-8-11(4-6-16(13)27)19(29)24-10-12-2-1-3-14-18(12)22(32)26(21(14)31)15-5-7-17(28)25-20(15)30/h1-4,6,8,15,27H,5,7,9-10,23H2,(H,24,29)(H,25,28,30). The van der Waals surface area contributed by atoms with Crippen LogP contribution in [0.1, 0.15) is 55.0 Å². The molecular formula is C22H20N4O6. The zero-order chi connectivity index (χ0) is 23.0. The number of nitrogens with zero attached hydrogens (tertiary/aromatic N) is 1. The molecule has 2 aromatic rings. The average molecular weight is 436 g/mol. The van der Waals surface area contributed by atoms with Crippen LogP contribution in [-0.4, -0.2) is 45.6 Å². The third-order valence-corrected chi connectivity index (χ3v) is 5.56. The summed E-state index contributed by atoms with van der Waals surface area (Å²) in [7, 11) is 0. The number of rotatable bonds is 5. The van der Waals surface area contributed by atoms with Gasteiger partial charge in [0.2, 0.25) is 11.8 Å². The average Bonchev–Trinajstić information content (AvgIpc) is 3.03. The smallest absolute Gasteiger partial charge is 0.262 e. The topological polar surface area (TPSA) is 159 Å². The van der Waals surface area contributed by atoms with Crippen LogP contribution in [0.25, 0.3) is 0 Å². The van der Waals surface area contributed by atoms with E-state index in [4.69, 9.17) is 5.73 Å². The number of fused-ring (bicyclic) bond motifs is 1. The first-order valence-electron chi connectivity index (χ1n) is 9.95. The number of piperidine rings is 1.